The lowest BCUT2D eigenvalue weighted by Gasteiger charge is -2.24. The third kappa shape index (κ3) is 4.63. The van der Waals surface area contributed by atoms with Gasteiger partial charge in [0.2, 0.25) is 0 Å². The van der Waals surface area contributed by atoms with E-state index in [1.807, 2.05) is 0 Å². The molecule has 102 valence electrons. The number of ether oxygens (including phenoxy) is 1. The standard InChI is InChI=1S/C14H22FNO2/c1-11(2)9-16(7-8-18-3)10-12-5-4-6-13(15)14(12)17/h4-6,11,17H,7-10H2,1-3H3. The first kappa shape index (κ1) is 14.9. The minimum Gasteiger partial charge on any atom is -0.505 e. The molecule has 0 radical (unpaired) electrons. The molecule has 0 spiro atoms. The second-order valence-corrected chi connectivity index (χ2v) is 4.87. The highest BCUT2D eigenvalue weighted by Gasteiger charge is 2.12. The highest BCUT2D eigenvalue weighted by Crippen LogP contribution is 2.22. The van der Waals surface area contributed by atoms with Crippen molar-refractivity contribution in [2.75, 3.05) is 26.8 Å². The van der Waals surface area contributed by atoms with Crippen LogP contribution in [0.15, 0.2) is 18.2 Å². The zero-order valence-corrected chi connectivity index (χ0v) is 11.3. The van der Waals surface area contributed by atoms with Gasteiger partial charge >= 0.3 is 0 Å². The Morgan fingerprint density at radius 3 is 2.72 bits per heavy atom. The number of methoxy groups -OCH3 is 1. The van der Waals surface area contributed by atoms with E-state index < -0.39 is 5.82 Å². The van der Waals surface area contributed by atoms with E-state index in [2.05, 4.69) is 18.7 Å². The molecule has 0 aliphatic rings. The van der Waals surface area contributed by atoms with Gasteiger partial charge in [-0.2, -0.15) is 0 Å². The summed E-state index contributed by atoms with van der Waals surface area (Å²) in [6, 6.07) is 4.63. The maximum Gasteiger partial charge on any atom is 0.165 e. The third-order valence-corrected chi connectivity index (χ3v) is 2.70. The van der Waals surface area contributed by atoms with E-state index in [4.69, 9.17) is 4.74 Å². The van der Waals surface area contributed by atoms with Crippen molar-refractivity contribution in [1.29, 1.82) is 0 Å². The van der Waals surface area contributed by atoms with Crippen molar-refractivity contribution in [2.24, 2.45) is 5.92 Å². The lowest BCUT2D eigenvalue weighted by Crippen LogP contribution is -2.30. The first-order valence-corrected chi connectivity index (χ1v) is 6.22. The van der Waals surface area contributed by atoms with Gasteiger partial charge in [0.05, 0.1) is 6.61 Å². The van der Waals surface area contributed by atoms with Gasteiger partial charge < -0.3 is 9.84 Å². The van der Waals surface area contributed by atoms with Gasteiger partial charge in [0.15, 0.2) is 11.6 Å². The van der Waals surface area contributed by atoms with E-state index in [0.717, 1.165) is 13.1 Å². The fourth-order valence-corrected chi connectivity index (χ4v) is 1.90. The summed E-state index contributed by atoms with van der Waals surface area (Å²) >= 11 is 0. The summed E-state index contributed by atoms with van der Waals surface area (Å²) in [7, 11) is 1.66. The predicted molar refractivity (Wildman–Crippen MR) is 70.1 cm³/mol. The quantitative estimate of drug-likeness (QED) is 0.813. The minimum absolute atomic E-state index is 0.247. The third-order valence-electron chi connectivity index (χ3n) is 2.70. The second kappa shape index (κ2) is 7.34. The van der Waals surface area contributed by atoms with Gasteiger partial charge in [0, 0.05) is 32.3 Å². The normalized spacial score (nSPS) is 11.4. The van der Waals surface area contributed by atoms with E-state index in [-0.39, 0.29) is 5.75 Å². The molecule has 0 saturated heterocycles. The van der Waals surface area contributed by atoms with Crippen LogP contribution >= 0.6 is 0 Å². The van der Waals surface area contributed by atoms with Crippen LogP contribution in [0.5, 0.6) is 5.75 Å². The maximum atomic E-state index is 13.3. The van der Waals surface area contributed by atoms with Crippen LogP contribution in [-0.2, 0) is 11.3 Å². The topological polar surface area (TPSA) is 32.7 Å². The molecule has 0 saturated carbocycles. The lowest BCUT2D eigenvalue weighted by molar-refractivity contribution is 0.135. The average Bonchev–Trinajstić information content (AvgIpc) is 2.31. The second-order valence-electron chi connectivity index (χ2n) is 4.87. The Morgan fingerprint density at radius 1 is 1.39 bits per heavy atom. The van der Waals surface area contributed by atoms with Crippen molar-refractivity contribution in [3.8, 4) is 5.75 Å². The van der Waals surface area contributed by atoms with E-state index in [9.17, 15) is 9.50 Å². The summed E-state index contributed by atoms with van der Waals surface area (Å²) in [6.45, 7) is 7.08. The molecule has 1 aromatic carbocycles. The molecule has 1 N–H and O–H groups in total. The van der Waals surface area contributed by atoms with Crippen LogP contribution in [0.3, 0.4) is 0 Å². The number of nitrogens with zero attached hydrogens (tertiary/aromatic N) is 1. The number of benzene rings is 1. The van der Waals surface area contributed by atoms with Crippen molar-refractivity contribution >= 4 is 0 Å². The van der Waals surface area contributed by atoms with Crippen LogP contribution in [0.2, 0.25) is 0 Å². The number of hydrogen-bond acceptors (Lipinski definition) is 3. The van der Waals surface area contributed by atoms with Crippen LogP contribution in [0.1, 0.15) is 19.4 Å². The molecule has 0 unspecified atom stereocenters. The molecule has 0 aliphatic heterocycles. The van der Waals surface area contributed by atoms with Crippen molar-refractivity contribution in [2.45, 2.75) is 20.4 Å². The zero-order chi connectivity index (χ0) is 13.5. The summed E-state index contributed by atoms with van der Waals surface area (Å²) in [5.74, 6) is -0.301. The number of aromatic hydroxyl groups is 1. The number of rotatable bonds is 7. The molecule has 0 bridgehead atoms. The molecule has 0 heterocycles. The molecule has 18 heavy (non-hydrogen) atoms. The summed E-state index contributed by atoms with van der Waals surface area (Å²) in [5, 5.41) is 9.67. The van der Waals surface area contributed by atoms with Gasteiger partial charge in [0.25, 0.3) is 0 Å². The molecular formula is C14H22FNO2. The highest BCUT2D eigenvalue weighted by atomic mass is 19.1. The Kier molecular flexibility index (Phi) is 6.09. The summed E-state index contributed by atoms with van der Waals surface area (Å²) in [6.07, 6.45) is 0. The number of phenols is 1. The minimum atomic E-state index is -0.566. The fourth-order valence-electron chi connectivity index (χ4n) is 1.90. The summed E-state index contributed by atoms with van der Waals surface area (Å²) < 4.78 is 18.3. The fraction of sp³-hybridized carbons (Fsp3) is 0.571. The van der Waals surface area contributed by atoms with Gasteiger partial charge in [-0.25, -0.2) is 4.39 Å². The highest BCUT2D eigenvalue weighted by molar-refractivity contribution is 5.33. The average molecular weight is 255 g/mol. The van der Waals surface area contributed by atoms with Crippen LogP contribution in [0.25, 0.3) is 0 Å². The van der Waals surface area contributed by atoms with E-state index in [0.29, 0.717) is 24.6 Å². The lowest BCUT2D eigenvalue weighted by atomic mass is 10.1. The van der Waals surface area contributed by atoms with Crippen molar-refractivity contribution in [1.82, 2.24) is 4.90 Å². The van der Waals surface area contributed by atoms with Crippen LogP contribution in [0.4, 0.5) is 4.39 Å². The SMILES string of the molecule is COCCN(Cc1cccc(F)c1O)CC(C)C. The molecule has 1 rings (SSSR count). The summed E-state index contributed by atoms with van der Waals surface area (Å²) in [4.78, 5) is 2.16. The number of hydrogen-bond donors (Lipinski definition) is 1. The smallest absolute Gasteiger partial charge is 0.165 e. The number of halogens is 1. The monoisotopic (exact) mass is 255 g/mol. The molecule has 0 atom stereocenters. The molecular weight excluding hydrogens is 233 g/mol. The van der Waals surface area contributed by atoms with Gasteiger partial charge in [-0.05, 0) is 12.0 Å². The molecule has 1 aromatic rings. The molecule has 3 nitrogen and oxygen atoms in total. The summed E-state index contributed by atoms with van der Waals surface area (Å²) in [5.41, 5.74) is 0.617. The van der Waals surface area contributed by atoms with Crippen molar-refractivity contribution in [3.63, 3.8) is 0 Å². The molecule has 0 fully saturated rings. The van der Waals surface area contributed by atoms with Crippen molar-refractivity contribution < 1.29 is 14.2 Å². The molecule has 0 amide bonds. The maximum absolute atomic E-state index is 13.3. The van der Waals surface area contributed by atoms with E-state index >= 15 is 0 Å². The molecule has 4 heteroatoms. The Bertz CT molecular complexity index is 369. The number of para-hydroxylation sites is 1. The Labute approximate surface area is 108 Å². The first-order chi connectivity index (χ1) is 8.54. The van der Waals surface area contributed by atoms with Crippen LogP contribution in [-0.4, -0.2) is 36.8 Å². The van der Waals surface area contributed by atoms with Crippen LogP contribution < -0.4 is 0 Å². The predicted octanol–water partition coefficient (Wildman–Crippen LogP) is 2.64. The number of phenolic OH excluding ortho intramolecular Hbond substituents is 1. The Balaban J connectivity index is 2.72. The van der Waals surface area contributed by atoms with Gasteiger partial charge in [-0.1, -0.05) is 26.0 Å². The van der Waals surface area contributed by atoms with Crippen molar-refractivity contribution in [3.05, 3.63) is 29.6 Å². The van der Waals surface area contributed by atoms with Crippen LogP contribution in [0, 0.1) is 11.7 Å². The zero-order valence-electron chi connectivity index (χ0n) is 11.3. The van der Waals surface area contributed by atoms with E-state index in [1.165, 1.54) is 6.07 Å². The molecule has 0 aromatic heterocycles. The largest absolute Gasteiger partial charge is 0.505 e. The van der Waals surface area contributed by atoms with E-state index in [1.54, 1.807) is 19.2 Å². The van der Waals surface area contributed by atoms with Gasteiger partial charge in [-0.3, -0.25) is 4.90 Å². The molecule has 0 aliphatic carbocycles. The Hall–Kier alpha value is -1.13. The van der Waals surface area contributed by atoms with Gasteiger partial charge in [-0.15, -0.1) is 0 Å². The first-order valence-electron chi connectivity index (χ1n) is 6.22. The Morgan fingerprint density at radius 2 is 2.11 bits per heavy atom. The van der Waals surface area contributed by atoms with Gasteiger partial charge in [0.1, 0.15) is 0 Å².